The van der Waals surface area contributed by atoms with Crippen LogP contribution in [0.4, 0.5) is 0 Å². The van der Waals surface area contributed by atoms with E-state index in [1.807, 2.05) is 6.07 Å². The fourth-order valence-corrected chi connectivity index (χ4v) is 2.90. The Morgan fingerprint density at radius 1 is 1.23 bits per heavy atom. The molecule has 1 unspecified atom stereocenters. The fraction of sp³-hybridized carbons (Fsp3) is 0.300. The minimum absolute atomic E-state index is 0.130. The Balaban J connectivity index is 1.89. The van der Waals surface area contributed by atoms with Gasteiger partial charge in [0.15, 0.2) is 0 Å². The van der Waals surface area contributed by atoms with Gasteiger partial charge in [-0.25, -0.2) is 0 Å². The number of benzene rings is 1. The second kappa shape index (κ2) is 7.75. The lowest BCUT2D eigenvalue weighted by Crippen LogP contribution is -2.63. The third-order valence-electron chi connectivity index (χ3n) is 4.26. The summed E-state index contributed by atoms with van der Waals surface area (Å²) in [6.07, 6.45) is -0.0475. The van der Waals surface area contributed by atoms with E-state index >= 15 is 0 Å². The normalized spacial score (nSPS) is 15.8. The van der Waals surface area contributed by atoms with E-state index in [4.69, 9.17) is 43.4 Å². The molecule has 1 fully saturated rings. The van der Waals surface area contributed by atoms with Gasteiger partial charge in [-0.15, -0.1) is 0 Å². The van der Waals surface area contributed by atoms with E-state index in [0.717, 1.165) is 12.6 Å². The summed E-state index contributed by atoms with van der Waals surface area (Å²) in [6, 6.07) is 7.03. The Morgan fingerprint density at radius 2 is 1.95 bits per heavy atom. The quantitative estimate of drug-likeness (QED) is 0.419. The third kappa shape index (κ3) is 4.43. The number of hydrogen-bond donors (Lipinski definition) is 0. The highest BCUT2D eigenvalue weighted by atomic mass is 16.5. The topological polar surface area (TPSA) is 26.3 Å². The van der Waals surface area contributed by atoms with Crippen LogP contribution in [-0.2, 0) is 0 Å². The lowest BCUT2D eigenvalue weighted by atomic mass is 8.57. The smallest absolute Gasteiger partial charge is 0.150 e. The molecule has 1 aromatic rings. The highest BCUT2D eigenvalue weighted by Crippen LogP contribution is 2.39. The van der Waals surface area contributed by atoms with Crippen molar-refractivity contribution in [3.05, 3.63) is 29.8 Å². The van der Waals surface area contributed by atoms with Gasteiger partial charge in [0, 0.05) is 69.8 Å². The van der Waals surface area contributed by atoms with Gasteiger partial charge in [0.1, 0.15) is 12.0 Å². The minimum atomic E-state index is -0.647. The first kappa shape index (κ1) is 17.7. The van der Waals surface area contributed by atoms with Crippen LogP contribution in [0, 0.1) is 0 Å². The maximum Gasteiger partial charge on any atom is 0.150 e. The van der Waals surface area contributed by atoms with Crippen LogP contribution in [0.2, 0.25) is 12.1 Å². The van der Waals surface area contributed by atoms with Crippen LogP contribution in [0.3, 0.4) is 0 Å². The molecule has 0 aromatic heterocycles. The largest absolute Gasteiger partial charge is 0.494 e. The molecule has 1 aliphatic rings. The van der Waals surface area contributed by atoms with E-state index in [1.165, 1.54) is 0 Å². The zero-order valence-electron chi connectivity index (χ0n) is 12.5. The Kier molecular flexibility index (Phi) is 6.23. The van der Waals surface area contributed by atoms with E-state index in [9.17, 15) is 4.79 Å². The maximum atomic E-state index is 10.7. The van der Waals surface area contributed by atoms with Crippen molar-refractivity contribution in [2.75, 3.05) is 6.61 Å². The van der Waals surface area contributed by atoms with Crippen molar-refractivity contribution in [2.24, 2.45) is 0 Å². The molecule has 1 aromatic carbocycles. The van der Waals surface area contributed by atoms with E-state index in [-0.39, 0.29) is 13.0 Å². The van der Waals surface area contributed by atoms with Crippen molar-refractivity contribution < 1.29 is 9.53 Å². The van der Waals surface area contributed by atoms with Gasteiger partial charge in [-0.3, -0.25) is 4.79 Å². The first-order valence-corrected chi connectivity index (χ1v) is 7.40. The summed E-state index contributed by atoms with van der Waals surface area (Å²) in [5.74, 6) is 0.993. The molecule has 1 aliphatic heterocycles. The molecule has 22 heavy (non-hydrogen) atoms. The lowest BCUT2D eigenvalue weighted by molar-refractivity contribution is 0.112. The highest BCUT2D eigenvalue weighted by molar-refractivity contribution is 8.01. The summed E-state index contributed by atoms with van der Waals surface area (Å²) in [7, 11) is 29.0. The number of aldehydes is 1. The Labute approximate surface area is 141 Å². The van der Waals surface area contributed by atoms with Crippen molar-refractivity contribution in [2.45, 2.75) is 12.1 Å². The second-order valence-electron chi connectivity index (χ2n) is 5.97. The van der Waals surface area contributed by atoms with Crippen LogP contribution < -0.4 is 4.74 Å². The SMILES string of the molecule is [B]B([B])B([B])B(B([B])[B])B1CC1COc1cccc(C=O)c1. The van der Waals surface area contributed by atoms with Crippen LogP contribution in [0.1, 0.15) is 10.4 Å². The number of ether oxygens (including phenoxy) is 1. The van der Waals surface area contributed by atoms with E-state index in [0.29, 0.717) is 23.7 Å². The van der Waals surface area contributed by atoms with Crippen LogP contribution in [0.5, 0.6) is 5.75 Å². The van der Waals surface area contributed by atoms with Gasteiger partial charge in [0.2, 0.25) is 0 Å². The van der Waals surface area contributed by atoms with Gasteiger partial charge in [0.25, 0.3) is 0 Å². The molecule has 0 amide bonds. The molecule has 10 radical (unpaired) electrons. The van der Waals surface area contributed by atoms with Gasteiger partial charge in [-0.05, 0) is 17.9 Å². The molecule has 0 N–H and O–H groups in total. The Morgan fingerprint density at radius 3 is 2.55 bits per heavy atom. The molecule has 0 spiro atoms. The minimum Gasteiger partial charge on any atom is -0.494 e. The summed E-state index contributed by atoms with van der Waals surface area (Å²) >= 11 is 0. The molecule has 2 nitrogen and oxygen atoms in total. The summed E-state index contributed by atoms with van der Waals surface area (Å²) in [4.78, 5) is 10.7. The number of carbonyl (C=O) groups is 1. The van der Waals surface area contributed by atoms with Gasteiger partial charge in [-0.2, -0.15) is 0 Å². The Bertz CT molecular complexity index is 512. The summed E-state index contributed by atoms with van der Waals surface area (Å²) in [6.45, 7) is 0.793. The number of rotatable bonds is 8. The molecule has 0 saturated carbocycles. The number of carbonyl (C=O) groups excluding carboxylic acids is 1. The predicted molar refractivity (Wildman–Crippen MR) is 103 cm³/mol. The lowest BCUT2D eigenvalue weighted by Gasteiger charge is -2.25. The molecule has 92 valence electrons. The van der Waals surface area contributed by atoms with Crippen molar-refractivity contribution in [3.63, 3.8) is 0 Å². The van der Waals surface area contributed by atoms with Crippen molar-refractivity contribution in [3.8, 4) is 5.75 Å². The van der Waals surface area contributed by atoms with E-state index < -0.39 is 19.2 Å². The summed E-state index contributed by atoms with van der Waals surface area (Å²) in [5, 5.41) is 0. The zero-order valence-corrected chi connectivity index (χ0v) is 12.5. The molecule has 1 atom stereocenters. The summed E-state index contributed by atoms with van der Waals surface area (Å²) in [5.41, 5.74) is 0.586. The van der Waals surface area contributed by atoms with Crippen LogP contribution in [0.25, 0.3) is 0 Å². The average Bonchev–Trinajstić information content (AvgIpc) is 3.24. The molecule has 0 bridgehead atoms. The molecule has 1 heterocycles. The standard InChI is InChI=1S/C10H10B10O2/c11-17(12)19(15)20(18(13)14)16-5-9(16)7-22-10-3-1-2-8(4-10)6-21/h1-4,6,9H,5,7H2. The fourth-order valence-electron chi connectivity index (χ4n) is 2.90. The summed E-state index contributed by atoms with van der Waals surface area (Å²) < 4.78 is 5.73. The van der Waals surface area contributed by atoms with Gasteiger partial charge >= 0.3 is 0 Å². The molecular formula is C10H10B10O2. The van der Waals surface area contributed by atoms with Crippen molar-refractivity contribution in [1.29, 1.82) is 0 Å². The highest BCUT2D eigenvalue weighted by Gasteiger charge is 2.50. The molecule has 0 aliphatic carbocycles. The van der Waals surface area contributed by atoms with Crippen molar-refractivity contribution >= 4 is 77.1 Å². The van der Waals surface area contributed by atoms with E-state index in [1.54, 1.807) is 18.2 Å². The average molecular weight is 270 g/mol. The van der Waals surface area contributed by atoms with Crippen LogP contribution in [-0.4, -0.2) is 83.7 Å². The van der Waals surface area contributed by atoms with E-state index in [2.05, 4.69) is 0 Å². The Hall–Kier alpha value is -0.661. The van der Waals surface area contributed by atoms with Gasteiger partial charge < -0.3 is 4.74 Å². The second-order valence-corrected chi connectivity index (χ2v) is 5.97. The maximum absolute atomic E-state index is 10.7. The van der Waals surface area contributed by atoms with Crippen LogP contribution >= 0.6 is 0 Å². The zero-order chi connectivity index (χ0) is 16.3. The van der Waals surface area contributed by atoms with Crippen LogP contribution in [0.15, 0.2) is 24.3 Å². The first-order chi connectivity index (χ1) is 10.4. The molecular weight excluding hydrogens is 260 g/mol. The van der Waals surface area contributed by atoms with Gasteiger partial charge in [0.05, 0.1) is 13.2 Å². The predicted octanol–water partition coefficient (Wildman–Crippen LogP) is -1.62. The molecule has 2 rings (SSSR count). The molecule has 1 saturated heterocycles. The third-order valence-corrected chi connectivity index (χ3v) is 4.26. The van der Waals surface area contributed by atoms with Crippen molar-refractivity contribution in [1.82, 2.24) is 0 Å². The van der Waals surface area contributed by atoms with Gasteiger partial charge in [-0.1, -0.05) is 18.5 Å². The molecule has 12 heteroatoms. The number of hydrogen-bond acceptors (Lipinski definition) is 2. The monoisotopic (exact) mass is 272 g/mol. The first-order valence-electron chi connectivity index (χ1n) is 7.40.